The van der Waals surface area contributed by atoms with Crippen LogP contribution in [-0.2, 0) is 26.5 Å². The maximum atomic E-state index is 14.1. The highest BCUT2D eigenvalue weighted by Gasteiger charge is 2.49. The lowest BCUT2D eigenvalue weighted by Crippen LogP contribution is -2.57. The first-order chi connectivity index (χ1) is 23.6. The van der Waals surface area contributed by atoms with Gasteiger partial charge in [-0.25, -0.2) is 9.00 Å². The van der Waals surface area contributed by atoms with Crippen LogP contribution in [0.1, 0.15) is 73.9 Å². The van der Waals surface area contributed by atoms with E-state index >= 15 is 0 Å². The molecule has 5 atom stereocenters. The smallest absolute Gasteiger partial charge is 0.411 e. The number of hydrogen-bond acceptors (Lipinski definition) is 6. The van der Waals surface area contributed by atoms with Gasteiger partial charge in [-0.15, -0.1) is 4.36 Å². The predicted octanol–water partition coefficient (Wildman–Crippen LogP) is 7.37. The van der Waals surface area contributed by atoms with E-state index in [0.717, 1.165) is 46.0 Å². The number of ether oxygens (including phenoxy) is 2. The Balaban J connectivity index is 1.40. The molecule has 0 unspecified atom stereocenters. The molecule has 1 fully saturated rings. The molecule has 2 aliphatic carbocycles. The Kier molecular flexibility index (Phi) is 10.2. The Labute approximate surface area is 296 Å². The van der Waals surface area contributed by atoms with E-state index in [1.54, 1.807) is 25.3 Å². The van der Waals surface area contributed by atoms with Crippen molar-refractivity contribution in [3.05, 3.63) is 70.3 Å². The van der Waals surface area contributed by atoms with Gasteiger partial charge in [0.1, 0.15) is 21.2 Å². The predicted molar refractivity (Wildman–Crippen MR) is 187 cm³/mol. The van der Waals surface area contributed by atoms with Gasteiger partial charge in [0.2, 0.25) is 0 Å². The molecule has 272 valence electrons. The Hall–Kier alpha value is -3.29. The summed E-state index contributed by atoms with van der Waals surface area (Å²) in [6.07, 6.45) is 4.52. The minimum Gasteiger partial charge on any atom is -0.490 e. The quantitative estimate of drug-likeness (QED) is 0.319. The monoisotopic (exact) mass is 736 g/mol. The number of methoxy groups -OCH3 is 1. The van der Waals surface area contributed by atoms with Gasteiger partial charge in [-0.1, -0.05) is 29.8 Å². The van der Waals surface area contributed by atoms with Gasteiger partial charge in [0, 0.05) is 36.2 Å². The molecule has 2 aliphatic heterocycles. The number of alkyl halides is 3. The SMILES string of the molecule is CO[C@H]1/C=C/CCC[S@@](=O)(NC(=O)NC(C)(C)C(F)(F)F)=NC(=O)c2ccc3c(c2)N(C[C@@H]2CC[C@H]21)C[C@@]1(CCCc2cc(Cl)ccc21)CO3. The highest BCUT2D eigenvalue weighted by molar-refractivity contribution is 7.92. The molecule has 14 heteroatoms. The molecule has 3 amide bonds. The van der Waals surface area contributed by atoms with Crippen molar-refractivity contribution >= 4 is 39.1 Å². The number of nitrogens with one attached hydrogen (secondary N) is 2. The number of aryl methyl sites for hydroxylation is 1. The fourth-order valence-corrected chi connectivity index (χ4v) is 9.34. The van der Waals surface area contributed by atoms with Crippen molar-refractivity contribution in [1.82, 2.24) is 10.0 Å². The van der Waals surface area contributed by atoms with E-state index in [4.69, 9.17) is 21.1 Å². The molecule has 50 heavy (non-hydrogen) atoms. The van der Waals surface area contributed by atoms with E-state index in [9.17, 15) is 27.0 Å². The molecule has 2 bridgehead atoms. The second-order valence-corrected chi connectivity index (χ2v) is 17.0. The maximum absolute atomic E-state index is 14.1. The van der Waals surface area contributed by atoms with E-state index in [0.29, 0.717) is 48.5 Å². The number of carbonyl (C=O) groups is 2. The van der Waals surface area contributed by atoms with Gasteiger partial charge in [-0.2, -0.15) is 13.2 Å². The molecular formula is C36H44ClF3N4O5S. The van der Waals surface area contributed by atoms with Gasteiger partial charge >= 0.3 is 12.2 Å². The number of benzene rings is 2. The van der Waals surface area contributed by atoms with Crippen LogP contribution in [-0.4, -0.2) is 66.5 Å². The molecule has 2 aromatic carbocycles. The van der Waals surface area contributed by atoms with Crippen LogP contribution in [0, 0.1) is 11.8 Å². The molecule has 1 spiro atoms. The molecular weight excluding hydrogens is 693 g/mol. The van der Waals surface area contributed by atoms with Crippen LogP contribution in [0.25, 0.3) is 0 Å². The minimum atomic E-state index is -4.77. The number of amides is 3. The average Bonchev–Trinajstić information content (AvgIpc) is 3.17. The largest absolute Gasteiger partial charge is 0.490 e. The number of urea groups is 1. The summed E-state index contributed by atoms with van der Waals surface area (Å²) in [5, 5.41) is 2.52. The van der Waals surface area contributed by atoms with Gasteiger partial charge in [-0.05, 0) is 112 Å². The normalized spacial score (nSPS) is 29.3. The fraction of sp³-hybridized carbons (Fsp3) is 0.556. The number of halogens is 4. The van der Waals surface area contributed by atoms with Gasteiger partial charge < -0.3 is 19.7 Å². The van der Waals surface area contributed by atoms with Crippen LogP contribution in [0.3, 0.4) is 0 Å². The standard InChI is InChI=1S/C36H44ClF3N4O5S/c1-34(2,36(38,39)40)41-33(46)43-50(47)17-6-4-5-9-30(48-3)27-13-10-25(27)20-44-21-35(16-7-8-23-18-26(37)12-14-28(23)35)22-49-31-15-11-24(19-29(31)44)32(45)42-50/h5,9,11-12,14-15,18-19,25,27,30H,4,6-8,10,13,16-17,20-22H2,1-3H3,(H2,41,42,43,45,46,47)/b9-5+/t25-,27+,30-,35-,50-/m0/s1. The number of allylic oxidation sites excluding steroid dienone is 1. The minimum absolute atomic E-state index is 0.126. The van der Waals surface area contributed by atoms with Crippen molar-refractivity contribution in [2.45, 2.75) is 82.0 Å². The zero-order chi connectivity index (χ0) is 35.9. The summed E-state index contributed by atoms with van der Waals surface area (Å²) in [6, 6.07) is 9.67. The lowest BCUT2D eigenvalue weighted by molar-refractivity contribution is -0.182. The maximum Gasteiger partial charge on any atom is 0.411 e. The van der Waals surface area contributed by atoms with Crippen LogP contribution in [0.2, 0.25) is 5.02 Å². The second-order valence-electron chi connectivity index (χ2n) is 14.5. The summed E-state index contributed by atoms with van der Waals surface area (Å²) in [6.45, 7) is 3.34. The topological polar surface area (TPSA) is 109 Å². The second kappa shape index (κ2) is 14.0. The zero-order valence-corrected chi connectivity index (χ0v) is 30.1. The first-order valence-corrected chi connectivity index (χ1v) is 19.1. The highest BCUT2D eigenvalue weighted by Crippen LogP contribution is 2.47. The van der Waals surface area contributed by atoms with E-state index < -0.39 is 33.6 Å². The molecule has 2 heterocycles. The Morgan fingerprint density at radius 2 is 1.96 bits per heavy atom. The lowest BCUT2D eigenvalue weighted by Gasteiger charge is -2.46. The van der Waals surface area contributed by atoms with E-state index in [-0.39, 0.29) is 35.2 Å². The van der Waals surface area contributed by atoms with Gasteiger partial charge in [0.25, 0.3) is 5.91 Å². The first-order valence-electron chi connectivity index (χ1n) is 17.1. The van der Waals surface area contributed by atoms with Crippen LogP contribution in [0.15, 0.2) is 52.9 Å². The summed E-state index contributed by atoms with van der Waals surface area (Å²) >= 11 is 6.41. The van der Waals surface area contributed by atoms with Gasteiger partial charge in [-0.3, -0.25) is 9.52 Å². The van der Waals surface area contributed by atoms with Crippen LogP contribution in [0.4, 0.5) is 23.7 Å². The molecule has 1 saturated carbocycles. The van der Waals surface area contributed by atoms with Crippen molar-refractivity contribution in [1.29, 1.82) is 0 Å². The number of nitrogens with zero attached hydrogens (tertiary/aromatic N) is 2. The third kappa shape index (κ3) is 7.50. The summed E-state index contributed by atoms with van der Waals surface area (Å²) in [5.74, 6) is 0.0798. The molecule has 6 rings (SSSR count). The third-order valence-corrected chi connectivity index (χ3v) is 12.7. The number of rotatable bonds is 3. The van der Waals surface area contributed by atoms with Crippen LogP contribution in [0.5, 0.6) is 5.75 Å². The molecule has 0 aromatic heterocycles. The van der Waals surface area contributed by atoms with Crippen molar-refractivity contribution in [2.75, 3.05) is 37.5 Å². The number of hydrogen-bond donors (Lipinski definition) is 2. The molecule has 2 aromatic rings. The lowest BCUT2D eigenvalue weighted by atomic mass is 9.68. The highest BCUT2D eigenvalue weighted by atomic mass is 35.5. The van der Waals surface area contributed by atoms with Crippen LogP contribution < -0.4 is 19.7 Å². The van der Waals surface area contributed by atoms with Crippen molar-refractivity contribution in [3.8, 4) is 5.75 Å². The number of carbonyl (C=O) groups excluding carboxylic acids is 2. The van der Waals surface area contributed by atoms with Crippen molar-refractivity contribution < 1.29 is 36.4 Å². The summed E-state index contributed by atoms with van der Waals surface area (Å²) in [4.78, 5) is 28.8. The number of anilines is 1. The number of fused-ring (bicyclic) bond motifs is 4. The summed E-state index contributed by atoms with van der Waals surface area (Å²) in [5.41, 5.74) is 0.299. The van der Waals surface area contributed by atoms with Crippen LogP contribution >= 0.6 is 11.6 Å². The molecule has 9 nitrogen and oxygen atoms in total. The Morgan fingerprint density at radius 3 is 2.68 bits per heavy atom. The van der Waals surface area contributed by atoms with Gasteiger partial charge in [0.15, 0.2) is 0 Å². The van der Waals surface area contributed by atoms with E-state index in [2.05, 4.69) is 20.1 Å². The van der Waals surface area contributed by atoms with E-state index in [1.165, 1.54) is 11.1 Å². The average molecular weight is 737 g/mol. The zero-order valence-electron chi connectivity index (χ0n) is 28.5. The van der Waals surface area contributed by atoms with E-state index in [1.807, 2.05) is 29.6 Å². The summed E-state index contributed by atoms with van der Waals surface area (Å²) < 4.78 is 73.1. The fourth-order valence-electron chi connectivity index (χ4n) is 7.64. The van der Waals surface area contributed by atoms with Crippen molar-refractivity contribution in [2.24, 2.45) is 16.2 Å². The summed E-state index contributed by atoms with van der Waals surface area (Å²) in [7, 11) is -2.15. The molecule has 0 saturated heterocycles. The Bertz CT molecular complexity index is 1790. The van der Waals surface area contributed by atoms with Gasteiger partial charge in [0.05, 0.1) is 24.2 Å². The molecule has 4 aliphatic rings. The Morgan fingerprint density at radius 1 is 1.16 bits per heavy atom. The van der Waals surface area contributed by atoms with Crippen molar-refractivity contribution in [3.63, 3.8) is 0 Å². The third-order valence-electron chi connectivity index (χ3n) is 10.6. The molecule has 0 radical (unpaired) electrons. The molecule has 2 N–H and O–H groups in total. The first kappa shape index (κ1) is 36.5.